The van der Waals surface area contributed by atoms with E-state index in [4.69, 9.17) is 11.6 Å². The third-order valence-electron chi connectivity index (χ3n) is 4.08. The first-order valence-electron chi connectivity index (χ1n) is 9.43. The molecule has 5 heteroatoms. The fraction of sp³-hybridized carbons (Fsp3) is 0.737. The van der Waals surface area contributed by atoms with Gasteiger partial charge in [0.25, 0.3) is 0 Å². The summed E-state index contributed by atoms with van der Waals surface area (Å²) in [6.45, 7) is 4.08. The van der Waals surface area contributed by atoms with E-state index in [0.29, 0.717) is 17.5 Å². The highest BCUT2D eigenvalue weighted by Gasteiger charge is 2.06. The predicted molar refractivity (Wildman–Crippen MR) is 101 cm³/mol. The zero-order valence-corrected chi connectivity index (χ0v) is 16.0. The number of hydrogen-bond acceptors (Lipinski definition) is 3. The molecule has 1 amide bonds. The van der Waals surface area contributed by atoms with Crippen LogP contribution in [0.4, 0.5) is 5.95 Å². The topological polar surface area (TPSA) is 54.9 Å². The van der Waals surface area contributed by atoms with Crippen molar-refractivity contribution < 1.29 is 4.79 Å². The highest BCUT2D eigenvalue weighted by atomic mass is 35.5. The summed E-state index contributed by atoms with van der Waals surface area (Å²) in [7, 11) is 0. The van der Waals surface area contributed by atoms with Crippen LogP contribution in [-0.4, -0.2) is 15.9 Å². The van der Waals surface area contributed by atoms with Crippen molar-refractivity contribution in [3.8, 4) is 0 Å². The van der Waals surface area contributed by atoms with Gasteiger partial charge in [-0.3, -0.25) is 10.1 Å². The van der Waals surface area contributed by atoms with Gasteiger partial charge in [0.15, 0.2) is 0 Å². The summed E-state index contributed by atoms with van der Waals surface area (Å²) in [5.74, 6) is 0.265. The van der Waals surface area contributed by atoms with Crippen LogP contribution in [0.2, 0.25) is 5.15 Å². The van der Waals surface area contributed by atoms with Crippen molar-refractivity contribution in [2.75, 3.05) is 5.32 Å². The smallest absolute Gasteiger partial charge is 0.231 e. The Kier molecular flexibility index (Phi) is 11.5. The Morgan fingerprint density at radius 3 is 2.04 bits per heavy atom. The number of carbonyl (C=O) groups excluding carboxylic acids is 1. The van der Waals surface area contributed by atoms with E-state index in [1.165, 1.54) is 57.8 Å². The van der Waals surface area contributed by atoms with Gasteiger partial charge >= 0.3 is 0 Å². The van der Waals surface area contributed by atoms with Crippen LogP contribution in [0.1, 0.15) is 89.7 Å². The number of anilines is 1. The Morgan fingerprint density at radius 1 is 0.958 bits per heavy atom. The molecule has 0 saturated carbocycles. The van der Waals surface area contributed by atoms with Gasteiger partial charge in [0.05, 0.1) is 0 Å². The number of aromatic nitrogens is 2. The zero-order chi connectivity index (χ0) is 17.6. The van der Waals surface area contributed by atoms with Gasteiger partial charge in [-0.15, -0.1) is 0 Å². The number of unbranched alkanes of at least 4 members (excludes halogenated alkanes) is 10. The molecule has 136 valence electrons. The van der Waals surface area contributed by atoms with Crippen LogP contribution >= 0.6 is 11.6 Å². The van der Waals surface area contributed by atoms with Gasteiger partial charge in [-0.25, -0.2) is 9.97 Å². The molecule has 1 rings (SSSR count). The Hall–Kier alpha value is -1.16. The monoisotopic (exact) mass is 353 g/mol. The number of amides is 1. The minimum absolute atomic E-state index is 0.0346. The van der Waals surface area contributed by atoms with E-state index >= 15 is 0 Å². The van der Waals surface area contributed by atoms with Crippen LogP contribution in [0, 0.1) is 6.92 Å². The summed E-state index contributed by atoms with van der Waals surface area (Å²) in [6.07, 6.45) is 14.6. The highest BCUT2D eigenvalue weighted by molar-refractivity contribution is 6.29. The molecule has 0 aliphatic carbocycles. The standard InChI is InChI=1S/C19H32ClN3O/c1-3-4-5-6-7-8-9-10-11-12-13-14-18(24)23-19-21-16(2)15-17(20)22-19/h15H,3-14H2,1-2H3,(H,21,22,23,24). The normalized spacial score (nSPS) is 10.8. The van der Waals surface area contributed by atoms with E-state index < -0.39 is 0 Å². The van der Waals surface area contributed by atoms with Gasteiger partial charge in [-0.05, 0) is 19.4 Å². The number of hydrogen-bond donors (Lipinski definition) is 1. The summed E-state index contributed by atoms with van der Waals surface area (Å²) in [5.41, 5.74) is 0.750. The summed E-state index contributed by atoms with van der Waals surface area (Å²) in [4.78, 5) is 20.0. The fourth-order valence-corrected chi connectivity index (χ4v) is 2.96. The maximum atomic E-state index is 11.9. The highest BCUT2D eigenvalue weighted by Crippen LogP contribution is 2.13. The van der Waals surface area contributed by atoms with Crippen LogP contribution in [0.5, 0.6) is 0 Å². The Bertz CT molecular complexity index is 459. The molecule has 0 unspecified atom stereocenters. The number of nitrogens with zero attached hydrogens (tertiary/aromatic N) is 2. The molecule has 0 aliphatic rings. The van der Waals surface area contributed by atoms with Crippen LogP contribution in [0.15, 0.2) is 6.07 Å². The van der Waals surface area contributed by atoms with Gasteiger partial charge < -0.3 is 0 Å². The average molecular weight is 354 g/mol. The Balaban J connectivity index is 1.98. The first-order chi connectivity index (χ1) is 11.6. The zero-order valence-electron chi connectivity index (χ0n) is 15.2. The third-order valence-corrected chi connectivity index (χ3v) is 4.28. The number of rotatable bonds is 13. The molecular weight excluding hydrogens is 322 g/mol. The van der Waals surface area contributed by atoms with E-state index in [2.05, 4.69) is 22.2 Å². The first-order valence-corrected chi connectivity index (χ1v) is 9.80. The summed E-state index contributed by atoms with van der Waals surface area (Å²) < 4.78 is 0. The average Bonchev–Trinajstić information content (AvgIpc) is 2.51. The third kappa shape index (κ3) is 10.6. The maximum absolute atomic E-state index is 11.9. The molecule has 0 spiro atoms. The van der Waals surface area contributed by atoms with Crippen LogP contribution in [0.25, 0.3) is 0 Å². The molecule has 24 heavy (non-hydrogen) atoms. The van der Waals surface area contributed by atoms with Crippen molar-refractivity contribution in [1.29, 1.82) is 0 Å². The van der Waals surface area contributed by atoms with Crippen molar-refractivity contribution >= 4 is 23.5 Å². The lowest BCUT2D eigenvalue weighted by Crippen LogP contribution is -2.14. The fourth-order valence-electron chi connectivity index (χ4n) is 2.72. The number of carbonyl (C=O) groups is 1. The van der Waals surface area contributed by atoms with Crippen molar-refractivity contribution in [1.82, 2.24) is 9.97 Å². The molecule has 4 nitrogen and oxygen atoms in total. The summed E-state index contributed by atoms with van der Waals surface area (Å²) in [6, 6.07) is 1.67. The molecule has 1 aromatic heterocycles. The molecule has 0 fully saturated rings. The summed E-state index contributed by atoms with van der Waals surface area (Å²) >= 11 is 5.85. The van der Waals surface area contributed by atoms with Crippen LogP contribution in [-0.2, 0) is 4.79 Å². The largest absolute Gasteiger partial charge is 0.294 e. The quantitative estimate of drug-likeness (QED) is 0.345. The van der Waals surface area contributed by atoms with Gasteiger partial charge in [-0.1, -0.05) is 82.7 Å². The van der Waals surface area contributed by atoms with Crippen molar-refractivity contribution in [3.63, 3.8) is 0 Å². The van der Waals surface area contributed by atoms with Crippen LogP contribution in [0.3, 0.4) is 0 Å². The Labute approximate surface area is 151 Å². The van der Waals surface area contributed by atoms with Gasteiger partial charge in [0.2, 0.25) is 11.9 Å². The number of halogens is 1. The lowest BCUT2D eigenvalue weighted by molar-refractivity contribution is -0.116. The molecule has 1 aromatic rings. The minimum Gasteiger partial charge on any atom is -0.294 e. The molecule has 0 radical (unpaired) electrons. The summed E-state index contributed by atoms with van der Waals surface area (Å²) in [5, 5.41) is 3.07. The van der Waals surface area contributed by atoms with Gasteiger partial charge in [-0.2, -0.15) is 0 Å². The van der Waals surface area contributed by atoms with E-state index in [9.17, 15) is 4.79 Å². The van der Waals surface area contributed by atoms with E-state index in [-0.39, 0.29) is 5.91 Å². The lowest BCUT2D eigenvalue weighted by Gasteiger charge is -2.05. The number of aryl methyl sites for hydroxylation is 1. The Morgan fingerprint density at radius 2 is 1.50 bits per heavy atom. The van der Waals surface area contributed by atoms with Gasteiger partial charge in [0.1, 0.15) is 5.15 Å². The molecule has 0 bridgehead atoms. The molecule has 0 aromatic carbocycles. The molecule has 0 saturated heterocycles. The molecular formula is C19H32ClN3O. The van der Waals surface area contributed by atoms with E-state index in [1.54, 1.807) is 6.07 Å². The van der Waals surface area contributed by atoms with Crippen LogP contribution < -0.4 is 5.32 Å². The molecule has 0 atom stereocenters. The van der Waals surface area contributed by atoms with E-state index in [1.807, 2.05) is 6.92 Å². The second-order valence-electron chi connectivity index (χ2n) is 6.49. The molecule has 1 heterocycles. The van der Waals surface area contributed by atoms with Gasteiger partial charge in [0, 0.05) is 12.1 Å². The van der Waals surface area contributed by atoms with E-state index in [0.717, 1.165) is 18.5 Å². The molecule has 1 N–H and O–H groups in total. The minimum atomic E-state index is -0.0346. The second kappa shape index (κ2) is 13.2. The second-order valence-corrected chi connectivity index (χ2v) is 6.88. The van der Waals surface area contributed by atoms with Crippen molar-refractivity contribution in [2.24, 2.45) is 0 Å². The number of nitrogens with one attached hydrogen (secondary N) is 1. The SMILES string of the molecule is CCCCCCCCCCCCCC(=O)Nc1nc(C)cc(Cl)n1. The first kappa shape index (κ1) is 20.9. The predicted octanol–water partition coefficient (Wildman–Crippen LogP) is 6.08. The van der Waals surface area contributed by atoms with Crippen molar-refractivity contribution in [3.05, 3.63) is 16.9 Å². The maximum Gasteiger partial charge on any atom is 0.231 e. The van der Waals surface area contributed by atoms with Crippen molar-refractivity contribution in [2.45, 2.75) is 90.9 Å². The lowest BCUT2D eigenvalue weighted by atomic mass is 10.1. The molecule has 0 aliphatic heterocycles.